The van der Waals surface area contributed by atoms with Crippen LogP contribution in [0.3, 0.4) is 0 Å². The molecule has 3 heterocycles. The van der Waals surface area contributed by atoms with Gasteiger partial charge in [0.2, 0.25) is 0 Å². The Morgan fingerprint density at radius 1 is 1.33 bits per heavy atom. The Balaban J connectivity index is 1.59. The van der Waals surface area contributed by atoms with E-state index in [1.807, 2.05) is 0 Å². The molecule has 0 aromatic carbocycles. The molecular formula is C16H26N2O2S. The van der Waals surface area contributed by atoms with Gasteiger partial charge in [0.1, 0.15) is 0 Å². The normalized spacial score (nSPS) is 28.2. The molecule has 1 aromatic heterocycles. The fourth-order valence-corrected chi connectivity index (χ4v) is 4.20. The number of thiophene rings is 1. The summed E-state index contributed by atoms with van der Waals surface area (Å²) in [6.45, 7) is 9.25. The summed E-state index contributed by atoms with van der Waals surface area (Å²) in [7, 11) is 1.78. The van der Waals surface area contributed by atoms with Gasteiger partial charge >= 0.3 is 0 Å². The highest BCUT2D eigenvalue weighted by Gasteiger charge is 2.40. The first kappa shape index (κ1) is 15.4. The Labute approximate surface area is 131 Å². The van der Waals surface area contributed by atoms with E-state index >= 15 is 0 Å². The van der Waals surface area contributed by atoms with Crippen molar-refractivity contribution in [2.24, 2.45) is 5.41 Å². The van der Waals surface area contributed by atoms with Crippen molar-refractivity contribution >= 4 is 11.3 Å². The number of hydrogen-bond donors (Lipinski definition) is 0. The minimum atomic E-state index is 0.320. The van der Waals surface area contributed by atoms with Crippen molar-refractivity contribution in [1.82, 2.24) is 9.80 Å². The maximum absolute atomic E-state index is 5.94. The molecular weight excluding hydrogens is 284 g/mol. The van der Waals surface area contributed by atoms with E-state index in [1.165, 1.54) is 18.5 Å². The molecule has 5 heteroatoms. The molecule has 21 heavy (non-hydrogen) atoms. The Hall–Kier alpha value is -0.460. The van der Waals surface area contributed by atoms with Gasteiger partial charge in [-0.05, 0) is 35.4 Å². The predicted octanol–water partition coefficient (Wildman–Crippen LogP) is 1.92. The highest BCUT2D eigenvalue weighted by atomic mass is 32.1. The van der Waals surface area contributed by atoms with Gasteiger partial charge in [-0.15, -0.1) is 0 Å². The van der Waals surface area contributed by atoms with Gasteiger partial charge in [-0.1, -0.05) is 0 Å². The van der Waals surface area contributed by atoms with Crippen LogP contribution >= 0.6 is 11.3 Å². The Morgan fingerprint density at radius 2 is 2.24 bits per heavy atom. The van der Waals surface area contributed by atoms with E-state index in [9.17, 15) is 0 Å². The molecule has 0 N–H and O–H groups in total. The maximum atomic E-state index is 5.94. The van der Waals surface area contributed by atoms with E-state index in [4.69, 9.17) is 9.47 Å². The van der Waals surface area contributed by atoms with Crippen LogP contribution in [-0.4, -0.2) is 69.5 Å². The van der Waals surface area contributed by atoms with Crippen molar-refractivity contribution < 1.29 is 9.47 Å². The van der Waals surface area contributed by atoms with Gasteiger partial charge in [-0.2, -0.15) is 11.3 Å². The Bertz CT molecular complexity index is 426. The molecule has 0 bridgehead atoms. The third-order valence-corrected chi connectivity index (χ3v) is 5.37. The van der Waals surface area contributed by atoms with Crippen molar-refractivity contribution in [3.05, 3.63) is 22.4 Å². The molecule has 2 aliphatic rings. The fourth-order valence-electron chi connectivity index (χ4n) is 3.54. The molecule has 1 aromatic rings. The molecule has 0 amide bonds. The molecule has 1 spiro atoms. The first-order valence-corrected chi connectivity index (χ1v) is 8.76. The summed E-state index contributed by atoms with van der Waals surface area (Å²) in [6, 6.07) is 2.24. The minimum Gasteiger partial charge on any atom is -0.383 e. The van der Waals surface area contributed by atoms with Crippen LogP contribution < -0.4 is 0 Å². The Morgan fingerprint density at radius 3 is 3.05 bits per heavy atom. The highest BCUT2D eigenvalue weighted by molar-refractivity contribution is 7.07. The molecule has 2 aliphatic heterocycles. The summed E-state index contributed by atoms with van der Waals surface area (Å²) < 4.78 is 11.2. The van der Waals surface area contributed by atoms with Crippen molar-refractivity contribution in [2.75, 3.05) is 59.7 Å². The summed E-state index contributed by atoms with van der Waals surface area (Å²) in [6.07, 6.45) is 1.25. The lowest BCUT2D eigenvalue weighted by molar-refractivity contribution is 0.0682. The van der Waals surface area contributed by atoms with Gasteiger partial charge < -0.3 is 14.4 Å². The van der Waals surface area contributed by atoms with Gasteiger partial charge in [-0.3, -0.25) is 4.90 Å². The van der Waals surface area contributed by atoms with Gasteiger partial charge in [0, 0.05) is 45.2 Å². The van der Waals surface area contributed by atoms with Crippen LogP contribution in [0.1, 0.15) is 12.0 Å². The van der Waals surface area contributed by atoms with E-state index in [2.05, 4.69) is 26.6 Å². The summed E-state index contributed by atoms with van der Waals surface area (Å²) in [4.78, 5) is 5.11. The van der Waals surface area contributed by atoms with Gasteiger partial charge in [0.25, 0.3) is 0 Å². The fraction of sp³-hybridized carbons (Fsp3) is 0.750. The molecule has 2 fully saturated rings. The highest BCUT2D eigenvalue weighted by Crippen LogP contribution is 2.33. The van der Waals surface area contributed by atoms with Crippen LogP contribution in [0.5, 0.6) is 0 Å². The average Bonchev–Trinajstić information content (AvgIpc) is 3.07. The number of methoxy groups -OCH3 is 1. The molecule has 0 aliphatic carbocycles. The first-order valence-electron chi connectivity index (χ1n) is 7.82. The van der Waals surface area contributed by atoms with Crippen molar-refractivity contribution in [1.29, 1.82) is 0 Å². The second-order valence-corrected chi connectivity index (χ2v) is 7.19. The number of nitrogens with zero attached hydrogens (tertiary/aromatic N) is 2. The zero-order valence-electron chi connectivity index (χ0n) is 12.9. The standard InChI is InChI=1S/C16H26N2O2S/c1-19-7-5-17-4-3-16(12-17)13-18(6-8-20-14-16)10-15-2-9-21-11-15/h2,9,11H,3-8,10,12-14H2,1H3/t16-/m1/s1. The zero-order chi connectivity index (χ0) is 14.5. The van der Waals surface area contributed by atoms with Crippen LogP contribution in [-0.2, 0) is 16.0 Å². The summed E-state index contributed by atoms with van der Waals surface area (Å²) in [5.41, 5.74) is 1.76. The molecule has 2 saturated heterocycles. The third-order valence-electron chi connectivity index (χ3n) is 4.63. The van der Waals surface area contributed by atoms with Gasteiger partial charge in [0.05, 0.1) is 19.8 Å². The second-order valence-electron chi connectivity index (χ2n) is 6.41. The molecule has 3 rings (SSSR count). The monoisotopic (exact) mass is 310 g/mol. The largest absolute Gasteiger partial charge is 0.383 e. The molecule has 1 atom stereocenters. The van der Waals surface area contributed by atoms with E-state index < -0.39 is 0 Å². The molecule has 0 radical (unpaired) electrons. The lowest BCUT2D eigenvalue weighted by Crippen LogP contribution is -2.40. The zero-order valence-corrected chi connectivity index (χ0v) is 13.7. The quantitative estimate of drug-likeness (QED) is 0.829. The van der Waals surface area contributed by atoms with Crippen LogP contribution in [0.2, 0.25) is 0 Å². The summed E-state index contributed by atoms with van der Waals surface area (Å²) in [5.74, 6) is 0. The van der Waals surface area contributed by atoms with Crippen LogP contribution in [0.15, 0.2) is 16.8 Å². The maximum Gasteiger partial charge on any atom is 0.0593 e. The predicted molar refractivity (Wildman–Crippen MR) is 85.8 cm³/mol. The van der Waals surface area contributed by atoms with Crippen molar-refractivity contribution in [3.63, 3.8) is 0 Å². The summed E-state index contributed by atoms with van der Waals surface area (Å²) >= 11 is 1.79. The van der Waals surface area contributed by atoms with Crippen LogP contribution in [0.25, 0.3) is 0 Å². The van der Waals surface area contributed by atoms with Crippen LogP contribution in [0.4, 0.5) is 0 Å². The number of hydrogen-bond acceptors (Lipinski definition) is 5. The van der Waals surface area contributed by atoms with E-state index in [0.29, 0.717) is 5.41 Å². The number of likely N-dealkylation sites (tertiary alicyclic amines) is 1. The van der Waals surface area contributed by atoms with Gasteiger partial charge in [0.15, 0.2) is 0 Å². The van der Waals surface area contributed by atoms with Crippen molar-refractivity contribution in [3.8, 4) is 0 Å². The average molecular weight is 310 g/mol. The van der Waals surface area contributed by atoms with Crippen molar-refractivity contribution in [2.45, 2.75) is 13.0 Å². The topological polar surface area (TPSA) is 24.9 Å². The lowest BCUT2D eigenvalue weighted by Gasteiger charge is -2.32. The van der Waals surface area contributed by atoms with E-state index in [0.717, 1.165) is 52.5 Å². The lowest BCUT2D eigenvalue weighted by atomic mass is 9.87. The van der Waals surface area contributed by atoms with E-state index in [1.54, 1.807) is 18.4 Å². The Kier molecular flexibility index (Phi) is 5.29. The number of ether oxygens (including phenoxy) is 2. The SMILES string of the molecule is COCCN1CC[C@@]2(COCCN(Cc3ccsc3)C2)C1. The first-order chi connectivity index (χ1) is 10.3. The van der Waals surface area contributed by atoms with E-state index in [-0.39, 0.29) is 0 Å². The third kappa shape index (κ3) is 4.05. The molecule has 0 unspecified atom stereocenters. The molecule has 0 saturated carbocycles. The smallest absolute Gasteiger partial charge is 0.0593 e. The summed E-state index contributed by atoms with van der Waals surface area (Å²) in [5, 5.41) is 4.43. The second kappa shape index (κ2) is 7.20. The van der Waals surface area contributed by atoms with Gasteiger partial charge in [-0.25, -0.2) is 0 Å². The minimum absolute atomic E-state index is 0.320. The molecule has 118 valence electrons. The van der Waals surface area contributed by atoms with Crippen LogP contribution in [0, 0.1) is 5.41 Å². The number of rotatable bonds is 5. The molecule has 4 nitrogen and oxygen atoms in total.